The molecule has 330 valence electrons. The summed E-state index contributed by atoms with van der Waals surface area (Å²) in [6, 6.07) is 61.4. The first kappa shape index (κ1) is 40.6. The molecule has 5 heterocycles. The summed E-state index contributed by atoms with van der Waals surface area (Å²) in [5, 5.41) is 5.77. The van der Waals surface area contributed by atoms with Crippen molar-refractivity contribution in [3.63, 3.8) is 0 Å². The van der Waals surface area contributed by atoms with Gasteiger partial charge in [-0.05, 0) is 118 Å². The first-order valence-electron chi connectivity index (χ1n) is 23.6. The van der Waals surface area contributed by atoms with Gasteiger partial charge < -0.3 is 13.7 Å². The normalized spacial score (nSPS) is 11.9. The van der Waals surface area contributed by atoms with E-state index in [0.29, 0.717) is 17.5 Å². The summed E-state index contributed by atoms with van der Waals surface area (Å²) in [5.74, 6) is 1.89. The maximum Gasteiger partial charge on any atom is 0.164 e. The Labute approximate surface area is 399 Å². The van der Waals surface area contributed by atoms with Crippen LogP contribution in [0.4, 0.5) is 0 Å². The largest absolute Gasteiger partial charge is 0.307 e. The van der Waals surface area contributed by atoms with Gasteiger partial charge in [0.05, 0.1) is 55.7 Å². The average Bonchev–Trinajstić information content (AvgIpc) is 3.99. The molecule has 0 saturated carbocycles. The second-order valence-corrected chi connectivity index (χ2v) is 18.7. The minimum atomic E-state index is 0.591. The van der Waals surface area contributed by atoms with Crippen molar-refractivity contribution in [2.45, 2.75) is 41.5 Å². The SMILES string of the molecule is Cc1cc(C)c(-c2nc(-c3cc(-n4c5ccccc5c5ccccc54)c(-n4c5ccccc5c5ncccc54)c(-n4c5ccccc5c5ccccc54)c3)nc(-c3c(C)cc(C)cc3C)n2)c(C)c1. The molecular weight excluding hydrogens is 843 g/mol. The maximum absolute atomic E-state index is 5.56. The van der Waals surface area contributed by atoms with Crippen LogP contribution in [0.2, 0.25) is 0 Å². The van der Waals surface area contributed by atoms with Crippen LogP contribution in [0.15, 0.2) is 176 Å². The predicted octanol–water partition coefficient (Wildman–Crippen LogP) is 15.4. The number of pyridine rings is 1. The summed E-state index contributed by atoms with van der Waals surface area (Å²) >= 11 is 0. The lowest BCUT2D eigenvalue weighted by Gasteiger charge is -2.23. The zero-order valence-electron chi connectivity index (χ0n) is 39.4. The summed E-state index contributed by atoms with van der Waals surface area (Å²) in [6.07, 6.45) is 1.90. The lowest BCUT2D eigenvalue weighted by atomic mass is 9.97. The number of fused-ring (bicyclic) bond motifs is 9. The van der Waals surface area contributed by atoms with E-state index in [4.69, 9.17) is 19.9 Å². The van der Waals surface area contributed by atoms with Crippen LogP contribution in [0.25, 0.3) is 117 Å². The molecule has 13 rings (SSSR count). The van der Waals surface area contributed by atoms with Crippen molar-refractivity contribution in [2.24, 2.45) is 0 Å². The predicted molar refractivity (Wildman–Crippen MR) is 285 cm³/mol. The van der Waals surface area contributed by atoms with Crippen LogP contribution < -0.4 is 0 Å². The molecule has 0 spiro atoms. The van der Waals surface area contributed by atoms with E-state index in [1.807, 2.05) is 12.3 Å². The highest BCUT2D eigenvalue weighted by atomic mass is 15.1. The Balaban J connectivity index is 1.26. The monoisotopic (exact) mass is 889 g/mol. The number of nitrogens with zero attached hydrogens (tertiary/aromatic N) is 7. The van der Waals surface area contributed by atoms with Crippen LogP contribution in [0.1, 0.15) is 33.4 Å². The summed E-state index contributed by atoms with van der Waals surface area (Å²) in [4.78, 5) is 21.6. The molecule has 0 bridgehead atoms. The maximum atomic E-state index is 5.56. The van der Waals surface area contributed by atoms with Gasteiger partial charge >= 0.3 is 0 Å². The smallest absolute Gasteiger partial charge is 0.164 e. The summed E-state index contributed by atoms with van der Waals surface area (Å²) in [6.45, 7) is 12.9. The van der Waals surface area contributed by atoms with E-state index in [2.05, 4.69) is 219 Å². The Kier molecular flexibility index (Phi) is 9.08. The van der Waals surface area contributed by atoms with Gasteiger partial charge in [0.25, 0.3) is 0 Å². The van der Waals surface area contributed by atoms with Gasteiger partial charge in [-0.2, -0.15) is 0 Å². The van der Waals surface area contributed by atoms with Gasteiger partial charge in [-0.1, -0.05) is 126 Å². The van der Waals surface area contributed by atoms with Gasteiger partial charge in [-0.15, -0.1) is 0 Å². The molecule has 7 heteroatoms. The van der Waals surface area contributed by atoms with E-state index in [1.54, 1.807) is 0 Å². The second-order valence-electron chi connectivity index (χ2n) is 18.7. The molecular formula is C62H47N7. The number of rotatable bonds is 6. The van der Waals surface area contributed by atoms with Gasteiger partial charge in [0.1, 0.15) is 0 Å². The molecule has 0 unspecified atom stereocenters. The Morgan fingerprint density at radius 2 is 0.681 bits per heavy atom. The fourth-order valence-corrected chi connectivity index (χ4v) is 11.5. The fourth-order valence-electron chi connectivity index (χ4n) is 11.5. The van der Waals surface area contributed by atoms with Crippen molar-refractivity contribution in [2.75, 3.05) is 0 Å². The van der Waals surface area contributed by atoms with Crippen LogP contribution in [-0.4, -0.2) is 33.6 Å². The average molecular weight is 890 g/mol. The van der Waals surface area contributed by atoms with Gasteiger partial charge in [-0.3, -0.25) is 4.98 Å². The van der Waals surface area contributed by atoms with Crippen LogP contribution in [-0.2, 0) is 0 Å². The Bertz CT molecular complexity index is 3860. The van der Waals surface area contributed by atoms with Gasteiger partial charge in [0.2, 0.25) is 0 Å². The van der Waals surface area contributed by atoms with Crippen LogP contribution in [0.3, 0.4) is 0 Å². The van der Waals surface area contributed by atoms with E-state index in [-0.39, 0.29) is 0 Å². The lowest BCUT2D eigenvalue weighted by molar-refractivity contribution is 1.03. The zero-order chi connectivity index (χ0) is 46.7. The van der Waals surface area contributed by atoms with Crippen molar-refractivity contribution in [3.8, 4) is 51.2 Å². The van der Waals surface area contributed by atoms with E-state index < -0.39 is 0 Å². The number of aromatic nitrogens is 7. The van der Waals surface area contributed by atoms with Crippen molar-refractivity contribution >= 4 is 65.5 Å². The van der Waals surface area contributed by atoms with Crippen LogP contribution >= 0.6 is 0 Å². The topological polar surface area (TPSA) is 66.3 Å². The summed E-state index contributed by atoms with van der Waals surface area (Å²) < 4.78 is 7.33. The van der Waals surface area contributed by atoms with E-state index in [1.165, 1.54) is 32.7 Å². The fraction of sp³-hybridized carbons (Fsp3) is 0.0968. The zero-order valence-corrected chi connectivity index (χ0v) is 39.4. The number of hydrogen-bond acceptors (Lipinski definition) is 4. The Hall–Kier alpha value is -8.68. The van der Waals surface area contributed by atoms with Crippen molar-refractivity contribution < 1.29 is 0 Å². The highest BCUT2D eigenvalue weighted by molar-refractivity contribution is 6.13. The third kappa shape index (κ3) is 6.20. The van der Waals surface area contributed by atoms with Crippen molar-refractivity contribution in [1.82, 2.24) is 33.6 Å². The molecule has 0 amide bonds. The van der Waals surface area contributed by atoms with Crippen LogP contribution in [0.5, 0.6) is 0 Å². The number of para-hydroxylation sites is 5. The molecule has 0 aliphatic heterocycles. The number of hydrogen-bond donors (Lipinski definition) is 0. The standard InChI is InChI=1S/C62H47N7/c1-36-30-38(3)56(39(4)31-36)61-64-60(65-62(66-61)57-40(5)32-37(2)33-41(57)6)42-34-54(67-48-23-12-7-18-43(48)44-19-8-13-24-49(44)67)59(69-52-27-16-11-22-47(52)58-53(69)28-17-29-63-58)55(35-42)68-50-25-14-9-20-45(50)46-21-10-15-26-51(46)68/h7-35H,1-6H3. The molecule has 8 aromatic carbocycles. The molecule has 0 atom stereocenters. The number of aryl methyl sites for hydroxylation is 6. The van der Waals surface area contributed by atoms with Crippen LogP contribution in [0, 0.1) is 41.5 Å². The molecule has 0 N–H and O–H groups in total. The molecule has 0 aliphatic carbocycles. The van der Waals surface area contributed by atoms with Crippen molar-refractivity contribution in [1.29, 1.82) is 0 Å². The highest BCUT2D eigenvalue weighted by Gasteiger charge is 2.28. The minimum Gasteiger partial charge on any atom is -0.307 e. The Morgan fingerprint density at radius 3 is 1.10 bits per heavy atom. The molecule has 69 heavy (non-hydrogen) atoms. The lowest BCUT2D eigenvalue weighted by Crippen LogP contribution is -2.11. The molecule has 0 aliphatic rings. The third-order valence-electron chi connectivity index (χ3n) is 14.1. The molecule has 13 aromatic rings. The van der Waals surface area contributed by atoms with Crippen molar-refractivity contribution in [3.05, 3.63) is 209 Å². The first-order chi connectivity index (χ1) is 33.7. The minimum absolute atomic E-state index is 0.591. The highest BCUT2D eigenvalue weighted by Crippen LogP contribution is 2.45. The summed E-state index contributed by atoms with van der Waals surface area (Å²) in [7, 11) is 0. The molecule has 0 saturated heterocycles. The van der Waals surface area contributed by atoms with E-state index >= 15 is 0 Å². The van der Waals surface area contributed by atoms with E-state index in [9.17, 15) is 0 Å². The molecule has 7 nitrogen and oxygen atoms in total. The quantitative estimate of drug-likeness (QED) is 0.167. The van der Waals surface area contributed by atoms with Gasteiger partial charge in [0.15, 0.2) is 17.5 Å². The molecule has 0 radical (unpaired) electrons. The second kappa shape index (κ2) is 15.4. The summed E-state index contributed by atoms with van der Waals surface area (Å²) in [5.41, 5.74) is 20.2. The van der Waals surface area contributed by atoms with Gasteiger partial charge in [-0.25, -0.2) is 15.0 Å². The molecule has 0 fully saturated rings. The van der Waals surface area contributed by atoms with Gasteiger partial charge in [0, 0.05) is 49.8 Å². The first-order valence-corrected chi connectivity index (χ1v) is 23.6. The third-order valence-corrected chi connectivity index (χ3v) is 14.1. The Morgan fingerprint density at radius 1 is 0.333 bits per heavy atom. The molecule has 5 aromatic heterocycles. The number of benzene rings is 8. The van der Waals surface area contributed by atoms with E-state index in [0.717, 1.165) is 100 Å².